The van der Waals surface area contributed by atoms with E-state index in [4.69, 9.17) is 9.15 Å². The zero-order valence-corrected chi connectivity index (χ0v) is 22.9. The molecule has 1 heterocycles. The summed E-state index contributed by atoms with van der Waals surface area (Å²) in [4.78, 5) is 39.5. The second-order valence-corrected chi connectivity index (χ2v) is 10.5. The SMILES string of the molecule is CC(C)C[C@H](NC(=O)[C@H](C)Oc1ccccc1)C(=O)NC(Cc1ccccc1)C(=O)CSCc1ccco1. The first-order chi connectivity index (χ1) is 18.3. The molecule has 3 aromatic rings. The Bertz CT molecular complexity index is 1140. The van der Waals surface area contributed by atoms with Gasteiger partial charge in [0.25, 0.3) is 5.91 Å². The lowest BCUT2D eigenvalue weighted by molar-refractivity contribution is -0.134. The molecule has 2 N–H and O–H groups in total. The highest BCUT2D eigenvalue weighted by Gasteiger charge is 2.29. The van der Waals surface area contributed by atoms with Crippen LogP contribution in [0.25, 0.3) is 0 Å². The maximum atomic E-state index is 13.4. The van der Waals surface area contributed by atoms with E-state index in [1.165, 1.54) is 11.8 Å². The maximum absolute atomic E-state index is 13.4. The summed E-state index contributed by atoms with van der Waals surface area (Å²) in [5, 5.41) is 5.76. The van der Waals surface area contributed by atoms with Crippen LogP contribution in [0.1, 0.15) is 38.5 Å². The summed E-state index contributed by atoms with van der Waals surface area (Å²) in [5.74, 6) is 1.42. The van der Waals surface area contributed by atoms with Crippen LogP contribution >= 0.6 is 11.8 Å². The van der Waals surface area contributed by atoms with E-state index >= 15 is 0 Å². The molecule has 3 rings (SSSR count). The van der Waals surface area contributed by atoms with E-state index in [1.54, 1.807) is 25.3 Å². The Labute approximate surface area is 228 Å². The number of hydrogen-bond acceptors (Lipinski definition) is 6. The summed E-state index contributed by atoms with van der Waals surface area (Å²) in [6.07, 6.45) is 1.60. The van der Waals surface area contributed by atoms with Crippen molar-refractivity contribution in [3.05, 3.63) is 90.4 Å². The van der Waals surface area contributed by atoms with Crippen LogP contribution in [0, 0.1) is 5.92 Å². The second-order valence-electron chi connectivity index (χ2n) is 9.55. The summed E-state index contributed by atoms with van der Waals surface area (Å²) in [6, 6.07) is 20.8. The lowest BCUT2D eigenvalue weighted by atomic mass is 10.00. The lowest BCUT2D eigenvalue weighted by Gasteiger charge is -2.25. The molecule has 0 fully saturated rings. The first-order valence-corrected chi connectivity index (χ1v) is 14.0. The van der Waals surface area contributed by atoms with Gasteiger partial charge >= 0.3 is 0 Å². The van der Waals surface area contributed by atoms with Crippen molar-refractivity contribution in [2.45, 2.75) is 57.6 Å². The number of amides is 2. The van der Waals surface area contributed by atoms with Crippen LogP contribution < -0.4 is 15.4 Å². The van der Waals surface area contributed by atoms with E-state index < -0.39 is 24.1 Å². The van der Waals surface area contributed by atoms with E-state index in [0.717, 1.165) is 11.3 Å². The van der Waals surface area contributed by atoms with Gasteiger partial charge in [0, 0.05) is 0 Å². The fourth-order valence-electron chi connectivity index (χ4n) is 3.86. The molecule has 2 amide bonds. The average molecular weight is 537 g/mol. The largest absolute Gasteiger partial charge is 0.481 e. The molecule has 0 aliphatic carbocycles. The van der Waals surface area contributed by atoms with Gasteiger partial charge in [0.15, 0.2) is 11.9 Å². The van der Waals surface area contributed by atoms with Crippen LogP contribution in [-0.2, 0) is 26.6 Å². The Hall–Kier alpha value is -3.52. The second kappa shape index (κ2) is 15.0. The Morgan fingerprint density at radius 2 is 1.50 bits per heavy atom. The highest BCUT2D eigenvalue weighted by Crippen LogP contribution is 2.15. The minimum Gasteiger partial charge on any atom is -0.481 e. The van der Waals surface area contributed by atoms with Gasteiger partial charge in [-0.1, -0.05) is 62.4 Å². The van der Waals surface area contributed by atoms with E-state index in [2.05, 4.69) is 10.6 Å². The lowest BCUT2D eigenvalue weighted by Crippen LogP contribution is -2.54. The third-order valence-corrected chi connectivity index (χ3v) is 6.80. The Morgan fingerprint density at radius 3 is 2.13 bits per heavy atom. The minimum atomic E-state index is -0.800. The van der Waals surface area contributed by atoms with Gasteiger partial charge in [-0.2, -0.15) is 0 Å². The van der Waals surface area contributed by atoms with Gasteiger partial charge in [-0.15, -0.1) is 11.8 Å². The number of ether oxygens (including phenoxy) is 1. The van der Waals surface area contributed by atoms with Crippen LogP contribution in [0.2, 0.25) is 0 Å². The Kier molecular flexibility index (Phi) is 11.5. The van der Waals surface area contributed by atoms with Crippen LogP contribution in [0.5, 0.6) is 5.75 Å². The number of benzene rings is 2. The van der Waals surface area contributed by atoms with E-state index in [1.807, 2.05) is 74.5 Å². The smallest absolute Gasteiger partial charge is 0.261 e. The molecule has 38 heavy (non-hydrogen) atoms. The van der Waals surface area contributed by atoms with Gasteiger partial charge < -0.3 is 19.8 Å². The average Bonchev–Trinajstić information content (AvgIpc) is 3.42. The highest BCUT2D eigenvalue weighted by molar-refractivity contribution is 7.99. The molecule has 0 aliphatic heterocycles. The summed E-state index contributed by atoms with van der Waals surface area (Å²) >= 11 is 1.44. The summed E-state index contributed by atoms with van der Waals surface area (Å²) in [7, 11) is 0. The molecule has 202 valence electrons. The van der Waals surface area contributed by atoms with Gasteiger partial charge in [0.1, 0.15) is 17.6 Å². The van der Waals surface area contributed by atoms with E-state index in [9.17, 15) is 14.4 Å². The van der Waals surface area contributed by atoms with Crippen LogP contribution in [-0.4, -0.2) is 41.5 Å². The third kappa shape index (κ3) is 9.74. The third-order valence-electron chi connectivity index (χ3n) is 5.82. The van der Waals surface area contributed by atoms with Crippen molar-refractivity contribution < 1.29 is 23.5 Å². The summed E-state index contributed by atoms with van der Waals surface area (Å²) in [5.41, 5.74) is 0.941. The molecule has 0 aliphatic rings. The zero-order chi connectivity index (χ0) is 27.3. The molecular formula is C30H36N2O5S. The minimum absolute atomic E-state index is 0.0887. The fourth-order valence-corrected chi connectivity index (χ4v) is 4.73. The van der Waals surface area contributed by atoms with Crippen LogP contribution in [0.15, 0.2) is 83.5 Å². The van der Waals surface area contributed by atoms with E-state index in [0.29, 0.717) is 24.3 Å². The number of ketones is 1. The molecule has 0 radical (unpaired) electrons. The summed E-state index contributed by atoms with van der Waals surface area (Å²) < 4.78 is 11.1. The molecular weight excluding hydrogens is 500 g/mol. The molecule has 1 unspecified atom stereocenters. The van der Waals surface area contributed by atoms with Crippen molar-refractivity contribution in [3.8, 4) is 5.75 Å². The van der Waals surface area contributed by atoms with Crippen molar-refractivity contribution in [1.29, 1.82) is 0 Å². The van der Waals surface area contributed by atoms with Gasteiger partial charge in [-0.25, -0.2) is 0 Å². The quantitative estimate of drug-likeness (QED) is 0.289. The van der Waals surface area contributed by atoms with Crippen LogP contribution in [0.3, 0.4) is 0 Å². The predicted molar refractivity (Wildman–Crippen MR) is 150 cm³/mol. The number of thioether (sulfide) groups is 1. The number of nitrogens with one attached hydrogen (secondary N) is 2. The number of para-hydroxylation sites is 1. The van der Waals surface area contributed by atoms with Crippen molar-refractivity contribution >= 4 is 29.4 Å². The summed E-state index contributed by atoms with van der Waals surface area (Å²) in [6.45, 7) is 5.60. The van der Waals surface area contributed by atoms with Gasteiger partial charge in [-0.05, 0) is 55.5 Å². The Balaban J connectivity index is 1.66. The maximum Gasteiger partial charge on any atom is 0.261 e. The predicted octanol–water partition coefficient (Wildman–Crippen LogP) is 4.81. The molecule has 1 aromatic heterocycles. The monoisotopic (exact) mass is 536 g/mol. The zero-order valence-electron chi connectivity index (χ0n) is 22.1. The molecule has 8 heteroatoms. The first kappa shape index (κ1) is 29.0. The van der Waals surface area contributed by atoms with Crippen LogP contribution in [0.4, 0.5) is 0 Å². The van der Waals surface area contributed by atoms with Crippen molar-refractivity contribution in [2.75, 3.05) is 5.75 Å². The van der Waals surface area contributed by atoms with Gasteiger partial charge in [0.05, 0.1) is 23.8 Å². The molecule has 0 saturated carbocycles. The van der Waals surface area contributed by atoms with Crippen molar-refractivity contribution in [2.24, 2.45) is 5.92 Å². The standard InChI is InChI=1S/C30H36N2O5S/c1-21(2)17-27(32-29(34)22(3)37-24-13-8-5-9-14-24)30(35)31-26(18-23-11-6-4-7-12-23)28(33)20-38-19-25-15-10-16-36-25/h4-16,21-22,26-27H,17-20H2,1-3H3,(H,31,35)(H,32,34)/t22-,26?,27-/m0/s1. The molecule has 0 bridgehead atoms. The number of hydrogen-bond donors (Lipinski definition) is 2. The normalized spacial score (nSPS) is 13.4. The highest BCUT2D eigenvalue weighted by atomic mass is 32.2. The number of carbonyl (C=O) groups excluding carboxylic acids is 3. The van der Waals surface area contributed by atoms with E-state index in [-0.39, 0.29) is 23.4 Å². The number of furan rings is 1. The Morgan fingerprint density at radius 1 is 0.842 bits per heavy atom. The van der Waals surface area contributed by atoms with Crippen molar-refractivity contribution in [1.82, 2.24) is 10.6 Å². The topological polar surface area (TPSA) is 97.6 Å². The molecule has 7 nitrogen and oxygen atoms in total. The van der Waals surface area contributed by atoms with Crippen molar-refractivity contribution in [3.63, 3.8) is 0 Å². The fraction of sp³-hybridized carbons (Fsp3) is 0.367. The van der Waals surface area contributed by atoms with Gasteiger partial charge in [0.2, 0.25) is 5.91 Å². The molecule has 0 spiro atoms. The molecule has 0 saturated heterocycles. The first-order valence-electron chi connectivity index (χ1n) is 12.8. The van der Waals surface area contributed by atoms with Gasteiger partial charge in [-0.3, -0.25) is 14.4 Å². The molecule has 3 atom stereocenters. The molecule has 2 aromatic carbocycles. The number of rotatable bonds is 15. The number of Topliss-reactive ketones (excluding diaryl/α,β-unsaturated/α-hetero) is 1. The number of carbonyl (C=O) groups is 3.